The van der Waals surface area contributed by atoms with E-state index in [-0.39, 0.29) is 28.0 Å². The van der Waals surface area contributed by atoms with Crippen molar-refractivity contribution in [3.8, 4) is 11.5 Å². The van der Waals surface area contributed by atoms with Gasteiger partial charge in [-0.1, -0.05) is 0 Å². The minimum Gasteiger partial charge on any atom is -0.588 e. The number of carbonyl (C=O) groups excluding carboxylic acids is 1. The van der Waals surface area contributed by atoms with Crippen molar-refractivity contribution in [2.24, 2.45) is 17.1 Å². The molecule has 280 valence electrons. The maximum Gasteiger partial charge on any atom is 0.316 e. The second kappa shape index (κ2) is 15.1. The number of nitro groups is 1. The van der Waals surface area contributed by atoms with E-state index < -0.39 is 22.2 Å². The van der Waals surface area contributed by atoms with Crippen LogP contribution in [0.3, 0.4) is 0 Å². The first-order valence-corrected chi connectivity index (χ1v) is 20.0. The van der Waals surface area contributed by atoms with E-state index in [4.69, 9.17) is 10.5 Å². The third-order valence-electron chi connectivity index (χ3n) is 11.9. The third kappa shape index (κ3) is 7.79. The van der Waals surface area contributed by atoms with Crippen LogP contribution in [-0.2, 0) is 11.4 Å². The summed E-state index contributed by atoms with van der Waals surface area (Å²) in [7, 11) is 0. The van der Waals surface area contributed by atoms with Crippen LogP contribution in [0.2, 0.25) is 0 Å². The van der Waals surface area contributed by atoms with Crippen LogP contribution in [-0.4, -0.2) is 80.0 Å². The number of aromatic amines is 1. The second-order valence-electron chi connectivity index (χ2n) is 15.3. The van der Waals surface area contributed by atoms with Crippen molar-refractivity contribution in [3.05, 3.63) is 70.7 Å². The van der Waals surface area contributed by atoms with Gasteiger partial charge in [0.1, 0.15) is 28.5 Å². The Bertz CT molecular complexity index is 1950. The molecule has 5 heterocycles. The number of rotatable bonds is 11. The van der Waals surface area contributed by atoms with Gasteiger partial charge in [0, 0.05) is 55.1 Å². The maximum atomic E-state index is 13.8. The number of fused-ring (bicyclic) bond motifs is 1. The molecule has 2 aliphatic carbocycles. The molecule has 2 aliphatic heterocycles. The van der Waals surface area contributed by atoms with Crippen LogP contribution in [0.25, 0.3) is 11.0 Å². The number of aromatic nitrogens is 3. The van der Waals surface area contributed by atoms with E-state index in [9.17, 15) is 19.5 Å². The number of nitrogens with one attached hydrogen (secondary N) is 3. The van der Waals surface area contributed by atoms with Crippen molar-refractivity contribution in [2.45, 2.75) is 81.2 Å². The molecule has 15 heteroatoms. The Balaban J connectivity index is 0.973. The highest BCUT2D eigenvalue weighted by molar-refractivity contribution is 7.90. The van der Waals surface area contributed by atoms with Crippen LogP contribution in [0.5, 0.6) is 11.5 Å². The quantitative estimate of drug-likeness (QED) is 0.0815. The third-order valence-corrected chi connectivity index (χ3v) is 12.9. The van der Waals surface area contributed by atoms with Gasteiger partial charge in [0.2, 0.25) is 10.7 Å². The highest BCUT2D eigenvalue weighted by atomic mass is 32.2. The lowest BCUT2D eigenvalue weighted by Gasteiger charge is -2.55. The Morgan fingerprint density at radius 1 is 1.04 bits per heavy atom. The topological polar surface area (TPSA) is 191 Å². The van der Waals surface area contributed by atoms with Crippen molar-refractivity contribution >= 4 is 45.5 Å². The number of nitrogens with zero attached hydrogens (tertiary/aromatic N) is 5. The first-order chi connectivity index (χ1) is 25.7. The van der Waals surface area contributed by atoms with Gasteiger partial charge in [0.15, 0.2) is 0 Å². The van der Waals surface area contributed by atoms with Gasteiger partial charge in [-0.25, -0.2) is 9.97 Å². The van der Waals surface area contributed by atoms with Crippen molar-refractivity contribution in [2.75, 3.05) is 42.9 Å². The fraction of sp³-hybridized carbons (Fsp3) is 0.500. The molecule has 1 atom stereocenters. The van der Waals surface area contributed by atoms with Crippen molar-refractivity contribution < 1.29 is 19.0 Å². The van der Waals surface area contributed by atoms with Crippen LogP contribution < -0.4 is 25.4 Å². The summed E-state index contributed by atoms with van der Waals surface area (Å²) in [5, 5.41) is 16.0. The zero-order chi connectivity index (χ0) is 36.5. The summed E-state index contributed by atoms with van der Waals surface area (Å²) < 4.78 is 22.3. The number of pyridine rings is 2. The van der Waals surface area contributed by atoms with E-state index in [0.717, 1.165) is 68.7 Å². The molecule has 1 spiro atoms. The van der Waals surface area contributed by atoms with Crippen LogP contribution in [0.1, 0.15) is 74.6 Å². The van der Waals surface area contributed by atoms with E-state index in [1.54, 1.807) is 18.5 Å². The fourth-order valence-electron chi connectivity index (χ4n) is 8.68. The SMILES string of the molecule is NC1CCC(CNc2ncc([S+]([O-])NC(=O)c3ccc(N4CCC5(CC4)CC(N4CCCC4)C5)cc3Oc3cnc4[nH]ccc4c3)cc2[N+](=O)[O-])CC1. The number of hydrogen-bond donors (Lipinski definition) is 4. The first kappa shape index (κ1) is 35.6. The van der Waals surface area contributed by atoms with Crippen LogP contribution >= 0.6 is 0 Å². The van der Waals surface area contributed by atoms with Gasteiger partial charge >= 0.3 is 5.69 Å². The molecule has 1 aromatic carbocycles. The molecule has 4 aliphatic rings. The number of nitrogens with two attached hydrogens (primary N) is 1. The van der Waals surface area contributed by atoms with Gasteiger partial charge in [-0.2, -0.15) is 4.72 Å². The molecule has 2 saturated heterocycles. The Morgan fingerprint density at radius 3 is 2.57 bits per heavy atom. The highest BCUT2D eigenvalue weighted by Gasteiger charge is 2.48. The highest BCUT2D eigenvalue weighted by Crippen LogP contribution is 2.52. The van der Waals surface area contributed by atoms with Crippen LogP contribution in [0.15, 0.2) is 59.9 Å². The molecule has 1 unspecified atom stereocenters. The van der Waals surface area contributed by atoms with Crippen molar-refractivity contribution in [3.63, 3.8) is 0 Å². The smallest absolute Gasteiger partial charge is 0.316 e. The van der Waals surface area contributed by atoms with Gasteiger partial charge in [0.25, 0.3) is 5.91 Å². The average molecular weight is 742 g/mol. The van der Waals surface area contributed by atoms with E-state index in [1.807, 2.05) is 24.3 Å². The van der Waals surface area contributed by atoms with Gasteiger partial charge in [-0.05, 0) is 113 Å². The molecule has 2 saturated carbocycles. The van der Waals surface area contributed by atoms with Crippen LogP contribution in [0.4, 0.5) is 17.2 Å². The lowest BCUT2D eigenvalue weighted by Crippen LogP contribution is -2.54. The molecule has 4 fully saturated rings. The number of likely N-dealkylation sites (tertiary alicyclic amines) is 1. The standard InChI is InChI=1S/C38H47N9O5S/c39-27-5-3-25(4-6-27)22-41-36-33(47(49)50)19-31(24-43-36)53(51)44-37(48)32-8-7-28(18-34(32)52-30-17-26-9-12-40-35(26)42-23-30)46-15-10-38(11-16-46)20-29(21-38)45-13-1-2-14-45/h7-9,12,17-19,23-25,27,29H,1-6,10-11,13-16,20-22,39H2,(H,40,42)(H,41,43)(H,44,48). The Hall–Kier alpha value is -4.44. The monoisotopic (exact) mass is 741 g/mol. The molecule has 3 aromatic heterocycles. The largest absolute Gasteiger partial charge is 0.588 e. The summed E-state index contributed by atoms with van der Waals surface area (Å²) in [5.41, 5.74) is 7.96. The molecule has 14 nitrogen and oxygen atoms in total. The average Bonchev–Trinajstić information content (AvgIpc) is 3.86. The van der Waals surface area contributed by atoms with Crippen molar-refractivity contribution in [1.29, 1.82) is 0 Å². The lowest BCUT2D eigenvalue weighted by molar-refractivity contribution is -0.384. The maximum absolute atomic E-state index is 13.8. The molecule has 5 N–H and O–H groups in total. The molecule has 4 aromatic rings. The number of H-pyrrole nitrogens is 1. The van der Waals surface area contributed by atoms with Crippen molar-refractivity contribution in [1.82, 2.24) is 24.6 Å². The fourth-order valence-corrected chi connectivity index (χ4v) is 9.44. The van der Waals surface area contributed by atoms with E-state index >= 15 is 0 Å². The lowest BCUT2D eigenvalue weighted by atomic mass is 9.60. The summed E-state index contributed by atoms with van der Waals surface area (Å²) in [6, 6.07) is 11.3. The number of carbonyl (C=O) groups is 1. The Labute approximate surface area is 311 Å². The number of benzene rings is 1. The molecular weight excluding hydrogens is 695 g/mol. The van der Waals surface area contributed by atoms with Gasteiger partial charge in [-0.15, -0.1) is 0 Å². The second-order valence-corrected chi connectivity index (χ2v) is 16.5. The van der Waals surface area contributed by atoms with E-state index in [1.165, 1.54) is 51.0 Å². The molecule has 0 radical (unpaired) electrons. The number of hydrogen-bond acceptors (Lipinski definition) is 11. The summed E-state index contributed by atoms with van der Waals surface area (Å²) in [5.74, 6) is 0.529. The zero-order valence-electron chi connectivity index (χ0n) is 29.8. The number of anilines is 2. The normalized spacial score (nSPS) is 22.4. The molecule has 0 bridgehead atoms. The van der Waals surface area contributed by atoms with Gasteiger partial charge < -0.3 is 35.1 Å². The molecular formula is C38H47N9O5S. The summed E-state index contributed by atoms with van der Waals surface area (Å²) >= 11 is -2.14. The number of piperidine rings is 1. The summed E-state index contributed by atoms with van der Waals surface area (Å²) in [4.78, 5) is 42.0. The summed E-state index contributed by atoms with van der Waals surface area (Å²) in [6.45, 7) is 4.86. The molecule has 1 amide bonds. The first-order valence-electron chi connectivity index (χ1n) is 18.8. The van der Waals surface area contributed by atoms with Gasteiger partial charge in [0.05, 0.1) is 28.9 Å². The van der Waals surface area contributed by atoms with E-state index in [2.05, 4.69) is 34.8 Å². The van der Waals surface area contributed by atoms with Crippen LogP contribution in [0, 0.1) is 21.4 Å². The molecule has 8 rings (SSSR count). The zero-order valence-corrected chi connectivity index (χ0v) is 30.6. The minimum atomic E-state index is -2.14. The Kier molecular flexibility index (Phi) is 10.2. The van der Waals surface area contributed by atoms with E-state index in [0.29, 0.717) is 35.0 Å². The van der Waals surface area contributed by atoms with Gasteiger partial charge in [-0.3, -0.25) is 14.9 Å². The predicted molar refractivity (Wildman–Crippen MR) is 204 cm³/mol. The number of amides is 1. The Morgan fingerprint density at radius 2 is 1.81 bits per heavy atom. The molecule has 53 heavy (non-hydrogen) atoms. The number of ether oxygens (including phenoxy) is 1. The predicted octanol–water partition coefficient (Wildman–Crippen LogP) is 5.89. The minimum absolute atomic E-state index is 0.00523. The summed E-state index contributed by atoms with van der Waals surface area (Å²) in [6.07, 6.45) is 15.9.